The van der Waals surface area contributed by atoms with Gasteiger partial charge >= 0.3 is 0 Å². The largest absolute Gasteiger partial charge is 0.322 e. The Morgan fingerprint density at radius 2 is 2.29 bits per heavy atom. The van der Waals surface area contributed by atoms with Gasteiger partial charge in [0.05, 0.1) is 28.2 Å². The van der Waals surface area contributed by atoms with Crippen LogP contribution < -0.4 is 5.73 Å². The summed E-state index contributed by atoms with van der Waals surface area (Å²) in [7, 11) is -1.35. The van der Waals surface area contributed by atoms with Crippen molar-refractivity contribution in [3.8, 4) is 0 Å². The van der Waals surface area contributed by atoms with Gasteiger partial charge in [0.25, 0.3) is 0 Å². The summed E-state index contributed by atoms with van der Waals surface area (Å²) in [6.07, 6.45) is 2.76. The molecule has 1 unspecified atom stereocenters. The second kappa shape index (κ2) is 4.00. The minimum absolute atomic E-state index is 0.0782. The van der Waals surface area contributed by atoms with Gasteiger partial charge < -0.3 is 5.73 Å². The summed E-state index contributed by atoms with van der Waals surface area (Å²) >= 11 is 3.27. The summed E-state index contributed by atoms with van der Waals surface area (Å²) in [5.41, 5.74) is 6.45. The van der Waals surface area contributed by atoms with Gasteiger partial charge in [-0.2, -0.15) is 5.10 Å². The Morgan fingerprint density at radius 3 is 2.64 bits per heavy atom. The minimum atomic E-state index is -3.07. The second-order valence-electron chi connectivity index (χ2n) is 3.20. The van der Waals surface area contributed by atoms with Crippen LogP contribution in [-0.2, 0) is 16.9 Å². The first-order valence-corrected chi connectivity index (χ1v) is 6.77. The van der Waals surface area contributed by atoms with Gasteiger partial charge in [0, 0.05) is 13.3 Å². The maximum absolute atomic E-state index is 11.0. The molecule has 0 bridgehead atoms. The number of halogens is 1. The lowest BCUT2D eigenvalue weighted by Crippen LogP contribution is -2.23. The zero-order valence-electron chi connectivity index (χ0n) is 7.94. The molecule has 14 heavy (non-hydrogen) atoms. The van der Waals surface area contributed by atoms with Crippen molar-refractivity contribution < 1.29 is 8.42 Å². The number of aromatic nitrogens is 2. The molecular weight excluding hydrogens is 270 g/mol. The third-order valence-electron chi connectivity index (χ3n) is 1.77. The molecule has 1 aromatic heterocycles. The van der Waals surface area contributed by atoms with E-state index in [1.165, 1.54) is 0 Å². The highest BCUT2D eigenvalue weighted by molar-refractivity contribution is 9.10. The van der Waals surface area contributed by atoms with E-state index in [-0.39, 0.29) is 5.75 Å². The maximum atomic E-state index is 11.0. The lowest BCUT2D eigenvalue weighted by molar-refractivity contribution is 0.586. The Bertz CT molecular complexity index is 407. The molecule has 1 rings (SSSR count). The van der Waals surface area contributed by atoms with E-state index >= 15 is 0 Å². The van der Waals surface area contributed by atoms with Crippen LogP contribution in [0, 0.1) is 0 Å². The zero-order chi connectivity index (χ0) is 10.9. The smallest absolute Gasteiger partial charge is 0.149 e. The maximum Gasteiger partial charge on any atom is 0.149 e. The average molecular weight is 282 g/mol. The second-order valence-corrected chi connectivity index (χ2v) is 6.24. The molecule has 0 saturated heterocycles. The Kier molecular flexibility index (Phi) is 3.33. The van der Waals surface area contributed by atoms with Crippen LogP contribution >= 0.6 is 15.9 Å². The molecule has 0 amide bonds. The lowest BCUT2D eigenvalue weighted by Gasteiger charge is -2.11. The first-order valence-electron chi connectivity index (χ1n) is 3.92. The van der Waals surface area contributed by atoms with Crippen LogP contribution in [0.2, 0.25) is 0 Å². The molecule has 1 aromatic rings. The van der Waals surface area contributed by atoms with E-state index in [4.69, 9.17) is 5.73 Å². The van der Waals surface area contributed by atoms with E-state index in [0.29, 0.717) is 5.69 Å². The first-order chi connectivity index (χ1) is 6.31. The number of aryl methyl sites for hydroxylation is 1. The highest BCUT2D eigenvalue weighted by Gasteiger charge is 2.18. The molecule has 0 aromatic carbocycles. The Balaban J connectivity index is 2.95. The van der Waals surface area contributed by atoms with E-state index in [9.17, 15) is 8.42 Å². The van der Waals surface area contributed by atoms with Gasteiger partial charge in [-0.05, 0) is 15.9 Å². The van der Waals surface area contributed by atoms with Gasteiger partial charge in [0.1, 0.15) is 9.84 Å². The Morgan fingerprint density at radius 1 is 1.71 bits per heavy atom. The molecule has 2 N–H and O–H groups in total. The van der Waals surface area contributed by atoms with Crippen LogP contribution in [0.5, 0.6) is 0 Å². The third kappa shape index (κ3) is 2.79. The highest BCUT2D eigenvalue weighted by atomic mass is 79.9. The summed E-state index contributed by atoms with van der Waals surface area (Å²) in [6, 6.07) is -0.549. The molecule has 5 nitrogen and oxygen atoms in total. The van der Waals surface area contributed by atoms with Gasteiger partial charge in [-0.1, -0.05) is 0 Å². The van der Waals surface area contributed by atoms with Crippen LogP contribution in [0.15, 0.2) is 10.7 Å². The summed E-state index contributed by atoms with van der Waals surface area (Å²) in [6.45, 7) is 0. The number of nitrogens with two attached hydrogens (primary N) is 1. The number of rotatable bonds is 3. The van der Waals surface area contributed by atoms with Crippen LogP contribution in [0.4, 0.5) is 0 Å². The number of sulfone groups is 1. The zero-order valence-corrected chi connectivity index (χ0v) is 10.3. The predicted octanol–water partition coefficient (Wildman–Crippen LogP) is 0.227. The van der Waals surface area contributed by atoms with Gasteiger partial charge in [0.15, 0.2) is 0 Å². The van der Waals surface area contributed by atoms with E-state index < -0.39 is 15.9 Å². The van der Waals surface area contributed by atoms with E-state index in [2.05, 4.69) is 21.0 Å². The van der Waals surface area contributed by atoms with Crippen LogP contribution in [0.3, 0.4) is 0 Å². The third-order valence-corrected chi connectivity index (χ3v) is 3.35. The van der Waals surface area contributed by atoms with Gasteiger partial charge in [-0.25, -0.2) is 8.42 Å². The molecule has 0 aliphatic heterocycles. The molecule has 1 heterocycles. The quantitative estimate of drug-likeness (QED) is 0.860. The lowest BCUT2D eigenvalue weighted by atomic mass is 10.2. The molecule has 1 atom stereocenters. The summed E-state index contributed by atoms with van der Waals surface area (Å²) in [5, 5.41) is 3.96. The fraction of sp³-hybridized carbons (Fsp3) is 0.571. The molecule has 0 saturated carbocycles. The predicted molar refractivity (Wildman–Crippen MR) is 57.5 cm³/mol. The van der Waals surface area contributed by atoms with Crippen LogP contribution in [-0.4, -0.2) is 30.2 Å². The van der Waals surface area contributed by atoms with Crippen molar-refractivity contribution in [1.82, 2.24) is 9.78 Å². The van der Waals surface area contributed by atoms with E-state index in [0.717, 1.165) is 10.7 Å². The molecule has 7 heteroatoms. The number of hydrogen-bond acceptors (Lipinski definition) is 4. The summed E-state index contributed by atoms with van der Waals surface area (Å²) < 4.78 is 24.4. The minimum Gasteiger partial charge on any atom is -0.322 e. The van der Waals surface area contributed by atoms with Crippen molar-refractivity contribution in [2.75, 3.05) is 12.0 Å². The van der Waals surface area contributed by atoms with Crippen LogP contribution in [0.25, 0.3) is 0 Å². The van der Waals surface area contributed by atoms with Crippen molar-refractivity contribution in [3.63, 3.8) is 0 Å². The standard InChI is InChI=1S/C7H12BrN3O2S/c1-11-7(5(8)3-10-11)6(9)4-14(2,12)13/h3,6H,4,9H2,1-2H3. The topological polar surface area (TPSA) is 78.0 Å². The summed E-state index contributed by atoms with van der Waals surface area (Å²) in [5.74, 6) is -0.0782. The van der Waals surface area contributed by atoms with E-state index in [1.807, 2.05) is 0 Å². The fourth-order valence-electron chi connectivity index (χ4n) is 1.24. The van der Waals surface area contributed by atoms with Crippen LogP contribution in [0.1, 0.15) is 11.7 Å². The number of nitrogens with zero attached hydrogens (tertiary/aromatic N) is 2. The van der Waals surface area contributed by atoms with Gasteiger partial charge in [0.2, 0.25) is 0 Å². The van der Waals surface area contributed by atoms with Crippen molar-refractivity contribution in [1.29, 1.82) is 0 Å². The van der Waals surface area contributed by atoms with Crippen molar-refractivity contribution in [2.24, 2.45) is 12.8 Å². The molecule has 0 radical (unpaired) electrons. The monoisotopic (exact) mass is 281 g/mol. The molecule has 0 aliphatic carbocycles. The normalized spacial score (nSPS) is 14.3. The van der Waals surface area contributed by atoms with E-state index in [1.54, 1.807) is 17.9 Å². The van der Waals surface area contributed by atoms with Gasteiger partial charge in [-0.3, -0.25) is 4.68 Å². The van der Waals surface area contributed by atoms with Gasteiger partial charge in [-0.15, -0.1) is 0 Å². The highest BCUT2D eigenvalue weighted by Crippen LogP contribution is 2.21. The molecule has 0 fully saturated rings. The molecule has 80 valence electrons. The molecule has 0 spiro atoms. The van der Waals surface area contributed by atoms with Crippen molar-refractivity contribution >= 4 is 25.8 Å². The van der Waals surface area contributed by atoms with Crippen molar-refractivity contribution in [3.05, 3.63) is 16.4 Å². The summed E-state index contributed by atoms with van der Waals surface area (Å²) in [4.78, 5) is 0. The Labute approximate surface area is 91.3 Å². The fourth-order valence-corrected chi connectivity index (χ4v) is 2.69. The Hall–Kier alpha value is -0.400. The SMILES string of the molecule is Cn1ncc(Br)c1C(N)CS(C)(=O)=O. The number of hydrogen-bond donors (Lipinski definition) is 1. The first kappa shape index (κ1) is 11.7. The molecular formula is C7H12BrN3O2S. The molecule has 0 aliphatic rings. The average Bonchev–Trinajstić information content (AvgIpc) is 2.27. The van der Waals surface area contributed by atoms with Crippen molar-refractivity contribution in [2.45, 2.75) is 6.04 Å².